The van der Waals surface area contributed by atoms with E-state index >= 15 is 0 Å². The molecule has 0 aliphatic rings. The van der Waals surface area contributed by atoms with Crippen molar-refractivity contribution in [2.45, 2.75) is 17.4 Å². The Hall–Kier alpha value is -3.13. The van der Waals surface area contributed by atoms with Crippen molar-refractivity contribution in [3.05, 3.63) is 65.7 Å². The van der Waals surface area contributed by atoms with Crippen molar-refractivity contribution in [3.8, 4) is 11.5 Å². The van der Waals surface area contributed by atoms with Crippen LogP contribution in [0.4, 0.5) is 4.79 Å². The van der Waals surface area contributed by atoms with Crippen LogP contribution in [0.3, 0.4) is 0 Å². The zero-order valence-electron chi connectivity index (χ0n) is 14.8. The van der Waals surface area contributed by atoms with Gasteiger partial charge in [-0.2, -0.15) is 0 Å². The number of imide groups is 1. The highest BCUT2D eigenvalue weighted by Crippen LogP contribution is 2.36. The molecule has 1 heterocycles. The molecule has 3 rings (SSSR count). The van der Waals surface area contributed by atoms with Crippen LogP contribution in [0.1, 0.15) is 16.4 Å². The van der Waals surface area contributed by atoms with Gasteiger partial charge >= 0.3 is 6.03 Å². The molecule has 0 bridgehead atoms. The number of aromatic nitrogens is 2. The van der Waals surface area contributed by atoms with E-state index in [9.17, 15) is 9.59 Å². The molecule has 3 amide bonds. The fraction of sp³-hybridized carbons (Fsp3) is 0.158. The molecule has 0 unspecified atom stereocenters. The summed E-state index contributed by atoms with van der Waals surface area (Å²) in [6, 6.07) is 16.2. The number of hydrogen-bond donors (Lipinski definition) is 2. The van der Waals surface area contributed by atoms with Gasteiger partial charge in [0.2, 0.25) is 11.8 Å². The highest BCUT2D eigenvalue weighted by molar-refractivity contribution is 8.00. The van der Waals surface area contributed by atoms with Gasteiger partial charge in [0.25, 0.3) is 5.22 Å². The number of benzene rings is 2. The van der Waals surface area contributed by atoms with E-state index in [1.807, 2.05) is 49.4 Å². The Bertz CT molecular complexity index is 943. The first-order valence-electron chi connectivity index (χ1n) is 8.22. The number of carbonyl (C=O) groups is 2. The summed E-state index contributed by atoms with van der Waals surface area (Å²) >= 11 is 1.09. The van der Waals surface area contributed by atoms with Crippen LogP contribution in [-0.2, 0) is 4.79 Å². The zero-order chi connectivity index (χ0) is 19.2. The maximum Gasteiger partial charge on any atom is 0.321 e. The molecule has 1 aromatic heterocycles. The molecule has 138 valence electrons. The lowest BCUT2D eigenvalue weighted by Gasteiger charge is -2.14. The summed E-state index contributed by atoms with van der Waals surface area (Å²) in [5.74, 6) is -0.0877. The van der Waals surface area contributed by atoms with Crippen molar-refractivity contribution < 1.29 is 14.0 Å². The van der Waals surface area contributed by atoms with Crippen LogP contribution in [0.25, 0.3) is 11.5 Å². The van der Waals surface area contributed by atoms with Crippen LogP contribution in [-0.4, -0.2) is 29.2 Å². The van der Waals surface area contributed by atoms with Crippen LogP contribution < -0.4 is 10.6 Å². The lowest BCUT2D eigenvalue weighted by atomic mass is 10.1. The Morgan fingerprint density at radius 3 is 2.44 bits per heavy atom. The third-order valence-corrected chi connectivity index (χ3v) is 4.89. The number of aryl methyl sites for hydroxylation is 1. The van der Waals surface area contributed by atoms with Crippen molar-refractivity contribution in [2.24, 2.45) is 0 Å². The summed E-state index contributed by atoms with van der Waals surface area (Å²) in [5, 5.41) is 12.3. The van der Waals surface area contributed by atoms with Gasteiger partial charge in [0.15, 0.2) is 0 Å². The summed E-state index contributed by atoms with van der Waals surface area (Å²) in [6.07, 6.45) is 0. The predicted octanol–water partition coefficient (Wildman–Crippen LogP) is 3.33. The second kappa shape index (κ2) is 8.50. The second-order valence-electron chi connectivity index (χ2n) is 5.66. The smallest absolute Gasteiger partial charge is 0.321 e. The van der Waals surface area contributed by atoms with Crippen molar-refractivity contribution in [1.82, 2.24) is 20.8 Å². The minimum absolute atomic E-state index is 0.245. The molecule has 1 atom stereocenters. The van der Waals surface area contributed by atoms with Crippen LogP contribution in [0.5, 0.6) is 0 Å². The monoisotopic (exact) mass is 382 g/mol. The Morgan fingerprint density at radius 1 is 1.04 bits per heavy atom. The van der Waals surface area contributed by atoms with Crippen LogP contribution in [0.2, 0.25) is 0 Å². The lowest BCUT2D eigenvalue weighted by Crippen LogP contribution is -2.39. The molecule has 0 aliphatic carbocycles. The van der Waals surface area contributed by atoms with Crippen LogP contribution >= 0.6 is 11.8 Å². The minimum Gasteiger partial charge on any atom is -0.411 e. The number of urea groups is 1. The Labute approximate surface area is 160 Å². The molecule has 2 N–H and O–H groups in total. The Balaban J connectivity index is 1.85. The minimum atomic E-state index is -0.714. The van der Waals surface area contributed by atoms with Gasteiger partial charge in [-0.3, -0.25) is 10.1 Å². The van der Waals surface area contributed by atoms with Gasteiger partial charge in [0, 0.05) is 12.6 Å². The summed E-state index contributed by atoms with van der Waals surface area (Å²) < 4.78 is 5.74. The Kier molecular flexibility index (Phi) is 5.87. The van der Waals surface area contributed by atoms with E-state index in [1.54, 1.807) is 12.1 Å². The largest absolute Gasteiger partial charge is 0.411 e. The quantitative estimate of drug-likeness (QED) is 0.657. The number of hydrogen-bond acceptors (Lipinski definition) is 6. The maximum absolute atomic E-state index is 12.6. The average Bonchev–Trinajstić information content (AvgIpc) is 3.15. The molecule has 0 saturated heterocycles. The van der Waals surface area contributed by atoms with Gasteiger partial charge < -0.3 is 9.73 Å². The van der Waals surface area contributed by atoms with Crippen molar-refractivity contribution >= 4 is 23.7 Å². The SMILES string of the molecule is CNC(=O)NC(=O)[C@@H](Sc1nnc(-c2ccccc2C)o1)c1ccccc1. The van der Waals surface area contributed by atoms with Gasteiger partial charge in [-0.25, -0.2) is 4.79 Å². The van der Waals surface area contributed by atoms with E-state index in [1.165, 1.54) is 7.05 Å². The molecule has 0 radical (unpaired) electrons. The first-order valence-corrected chi connectivity index (χ1v) is 9.10. The molecule has 0 saturated carbocycles. The molecular formula is C19H18N4O3S. The van der Waals surface area contributed by atoms with E-state index in [0.717, 1.165) is 28.5 Å². The van der Waals surface area contributed by atoms with Gasteiger partial charge in [-0.05, 0) is 35.9 Å². The summed E-state index contributed by atoms with van der Waals surface area (Å²) in [4.78, 5) is 24.1. The predicted molar refractivity (Wildman–Crippen MR) is 102 cm³/mol. The Morgan fingerprint density at radius 2 is 1.74 bits per heavy atom. The first-order chi connectivity index (χ1) is 13.1. The number of carbonyl (C=O) groups excluding carboxylic acids is 2. The molecule has 2 aromatic carbocycles. The number of rotatable bonds is 5. The molecule has 7 nitrogen and oxygen atoms in total. The van der Waals surface area contributed by atoms with E-state index in [-0.39, 0.29) is 5.22 Å². The van der Waals surface area contributed by atoms with Gasteiger partial charge in [0.1, 0.15) is 5.25 Å². The third kappa shape index (κ3) is 4.53. The summed E-state index contributed by atoms with van der Waals surface area (Å²) in [7, 11) is 1.44. The fourth-order valence-electron chi connectivity index (χ4n) is 2.42. The normalized spacial score (nSPS) is 11.6. The van der Waals surface area contributed by atoms with E-state index in [0.29, 0.717) is 5.89 Å². The standard InChI is InChI=1S/C19H18N4O3S/c1-12-8-6-7-11-14(12)17-22-23-19(26-17)27-15(13-9-4-3-5-10-13)16(24)21-18(25)20-2/h3-11,15H,1-2H3,(H2,20,21,24,25)/t15-/m0/s1. The highest BCUT2D eigenvalue weighted by Gasteiger charge is 2.26. The fourth-order valence-corrected chi connectivity index (χ4v) is 3.30. The van der Waals surface area contributed by atoms with Gasteiger partial charge in [-0.15, -0.1) is 10.2 Å². The highest BCUT2D eigenvalue weighted by atomic mass is 32.2. The van der Waals surface area contributed by atoms with Crippen molar-refractivity contribution in [3.63, 3.8) is 0 Å². The maximum atomic E-state index is 12.6. The first kappa shape index (κ1) is 18.7. The summed E-state index contributed by atoms with van der Waals surface area (Å²) in [5.41, 5.74) is 2.57. The van der Waals surface area contributed by atoms with E-state index < -0.39 is 17.2 Å². The number of nitrogens with zero attached hydrogens (tertiary/aromatic N) is 2. The topological polar surface area (TPSA) is 97.1 Å². The molecule has 27 heavy (non-hydrogen) atoms. The molecule has 0 fully saturated rings. The molecule has 0 aliphatic heterocycles. The van der Waals surface area contributed by atoms with Crippen LogP contribution in [0, 0.1) is 6.92 Å². The van der Waals surface area contributed by atoms with Crippen LogP contribution in [0.15, 0.2) is 64.2 Å². The zero-order valence-corrected chi connectivity index (χ0v) is 15.6. The van der Waals surface area contributed by atoms with Gasteiger partial charge in [-0.1, -0.05) is 48.5 Å². The number of nitrogens with one attached hydrogen (secondary N) is 2. The lowest BCUT2D eigenvalue weighted by molar-refractivity contribution is -0.119. The molecular weight excluding hydrogens is 364 g/mol. The molecule has 8 heteroatoms. The second-order valence-corrected chi connectivity index (χ2v) is 6.72. The number of amides is 3. The number of thioether (sulfide) groups is 1. The summed E-state index contributed by atoms with van der Waals surface area (Å²) in [6.45, 7) is 1.95. The third-order valence-electron chi connectivity index (χ3n) is 3.80. The van der Waals surface area contributed by atoms with Crippen molar-refractivity contribution in [1.29, 1.82) is 0 Å². The molecule has 3 aromatic rings. The van der Waals surface area contributed by atoms with E-state index in [4.69, 9.17) is 4.42 Å². The van der Waals surface area contributed by atoms with E-state index in [2.05, 4.69) is 20.8 Å². The molecule has 0 spiro atoms. The van der Waals surface area contributed by atoms with Crippen molar-refractivity contribution in [2.75, 3.05) is 7.05 Å². The van der Waals surface area contributed by atoms with Gasteiger partial charge in [0.05, 0.1) is 0 Å². The average molecular weight is 382 g/mol.